The quantitative estimate of drug-likeness (QED) is 0.694. The summed E-state index contributed by atoms with van der Waals surface area (Å²) in [7, 11) is 0. The number of hydrogen-bond donors (Lipinski definition) is 1. The van der Waals surface area contributed by atoms with E-state index >= 15 is 0 Å². The fourth-order valence-electron chi connectivity index (χ4n) is 2.81. The third kappa shape index (κ3) is 3.47. The van der Waals surface area contributed by atoms with Crippen molar-refractivity contribution in [3.05, 3.63) is 33.4 Å². The van der Waals surface area contributed by atoms with E-state index < -0.39 is 41.6 Å². The minimum Gasteiger partial charge on any atom is -0.463 e. The highest BCUT2D eigenvalue weighted by Crippen LogP contribution is 2.31. The normalized spacial score (nSPS) is 22.3. The van der Waals surface area contributed by atoms with Gasteiger partial charge < -0.3 is 14.2 Å². The molecule has 0 amide bonds. The molecular formula is C15H16N4O7. The average Bonchev–Trinajstić information content (AvgIpc) is 2.94. The number of nitrogens with one attached hydrogen (secondary N) is 1. The van der Waals surface area contributed by atoms with Crippen molar-refractivity contribution in [2.75, 3.05) is 6.61 Å². The van der Waals surface area contributed by atoms with Gasteiger partial charge in [-0.2, -0.15) is 0 Å². The average molecular weight is 364 g/mol. The highest BCUT2D eigenvalue weighted by Gasteiger charge is 2.40. The van der Waals surface area contributed by atoms with Crippen LogP contribution in [0.15, 0.2) is 22.1 Å². The van der Waals surface area contributed by atoms with E-state index in [1.807, 2.05) is 0 Å². The number of esters is 2. The Balaban J connectivity index is 1.98. The molecule has 0 aromatic carbocycles. The minimum atomic E-state index is -0.873. The van der Waals surface area contributed by atoms with Crippen molar-refractivity contribution in [1.82, 2.24) is 19.5 Å². The molecule has 0 unspecified atom stereocenters. The summed E-state index contributed by atoms with van der Waals surface area (Å²) in [6.07, 6.45) is 0.243. The maximum atomic E-state index is 12.3. The Morgan fingerprint density at radius 3 is 2.81 bits per heavy atom. The molecule has 0 spiro atoms. The lowest BCUT2D eigenvalue weighted by Crippen LogP contribution is -2.34. The summed E-state index contributed by atoms with van der Waals surface area (Å²) in [4.78, 5) is 56.5. The first kappa shape index (κ1) is 17.7. The molecule has 0 radical (unpaired) electrons. The molecule has 2 aromatic rings. The van der Waals surface area contributed by atoms with Gasteiger partial charge in [-0.3, -0.25) is 23.9 Å². The SMILES string of the molecule is CC(=O)OC[C@H]1O[C@@H](n2c(=O)[nH]c(=O)c3cncnc32)C[C@@H]1OC(C)=O. The Morgan fingerprint density at radius 1 is 1.35 bits per heavy atom. The molecular weight excluding hydrogens is 348 g/mol. The van der Waals surface area contributed by atoms with Crippen molar-refractivity contribution in [1.29, 1.82) is 0 Å². The molecule has 1 fully saturated rings. The number of aromatic amines is 1. The van der Waals surface area contributed by atoms with Crippen LogP contribution in [-0.2, 0) is 23.8 Å². The fourth-order valence-corrected chi connectivity index (χ4v) is 2.81. The van der Waals surface area contributed by atoms with Crippen LogP contribution in [-0.4, -0.2) is 50.3 Å². The second-order valence-corrected chi connectivity index (χ2v) is 5.70. The maximum Gasteiger partial charge on any atom is 0.332 e. The predicted octanol–water partition coefficient (Wildman–Crippen LogP) is -0.738. The van der Waals surface area contributed by atoms with Crippen molar-refractivity contribution >= 4 is 23.0 Å². The Bertz CT molecular complexity index is 966. The van der Waals surface area contributed by atoms with Gasteiger partial charge in [0.25, 0.3) is 5.56 Å². The summed E-state index contributed by atoms with van der Waals surface area (Å²) >= 11 is 0. The van der Waals surface area contributed by atoms with Crippen LogP contribution in [0.4, 0.5) is 0 Å². The summed E-state index contributed by atoms with van der Waals surface area (Å²) in [5, 5.41) is 0.114. The number of hydrogen-bond acceptors (Lipinski definition) is 9. The summed E-state index contributed by atoms with van der Waals surface area (Å²) < 4.78 is 17.1. The van der Waals surface area contributed by atoms with Gasteiger partial charge in [0, 0.05) is 26.5 Å². The second kappa shape index (κ2) is 7.04. The zero-order valence-electron chi connectivity index (χ0n) is 14.0. The summed E-state index contributed by atoms with van der Waals surface area (Å²) in [6, 6.07) is 0. The summed E-state index contributed by atoms with van der Waals surface area (Å²) in [6.45, 7) is 2.34. The van der Waals surface area contributed by atoms with Gasteiger partial charge in [0.15, 0.2) is 5.65 Å². The third-order valence-electron chi connectivity index (χ3n) is 3.84. The largest absolute Gasteiger partial charge is 0.463 e. The molecule has 11 heteroatoms. The number of aromatic nitrogens is 4. The number of ether oxygens (including phenoxy) is 3. The predicted molar refractivity (Wildman–Crippen MR) is 85.1 cm³/mol. The van der Waals surface area contributed by atoms with E-state index in [9.17, 15) is 19.2 Å². The van der Waals surface area contributed by atoms with Gasteiger partial charge in [0.2, 0.25) is 0 Å². The van der Waals surface area contributed by atoms with Crippen molar-refractivity contribution in [3.8, 4) is 0 Å². The van der Waals surface area contributed by atoms with Gasteiger partial charge >= 0.3 is 17.6 Å². The Kier molecular flexibility index (Phi) is 4.80. The van der Waals surface area contributed by atoms with E-state index in [1.54, 1.807) is 0 Å². The summed E-state index contributed by atoms with van der Waals surface area (Å²) in [5.41, 5.74) is -1.25. The van der Waals surface area contributed by atoms with Gasteiger partial charge in [0.1, 0.15) is 36.8 Å². The number of carbonyl (C=O) groups is 2. The molecule has 3 rings (SSSR count). The topological polar surface area (TPSA) is 142 Å². The maximum absolute atomic E-state index is 12.3. The number of nitrogens with zero attached hydrogens (tertiary/aromatic N) is 3. The van der Waals surface area contributed by atoms with Crippen molar-refractivity contribution < 1.29 is 23.8 Å². The smallest absolute Gasteiger partial charge is 0.332 e. The van der Waals surface area contributed by atoms with E-state index in [1.165, 1.54) is 26.4 Å². The van der Waals surface area contributed by atoms with Crippen molar-refractivity contribution in [2.45, 2.75) is 38.7 Å². The zero-order valence-corrected chi connectivity index (χ0v) is 14.0. The van der Waals surface area contributed by atoms with E-state index in [0.29, 0.717) is 0 Å². The fraction of sp³-hybridized carbons (Fsp3) is 0.467. The highest BCUT2D eigenvalue weighted by molar-refractivity contribution is 5.72. The lowest BCUT2D eigenvalue weighted by atomic mass is 10.2. The molecule has 1 N–H and O–H groups in total. The van der Waals surface area contributed by atoms with Gasteiger partial charge in [-0.05, 0) is 0 Å². The van der Waals surface area contributed by atoms with Crippen LogP contribution in [0.3, 0.4) is 0 Å². The second-order valence-electron chi connectivity index (χ2n) is 5.70. The molecule has 2 aromatic heterocycles. The number of fused-ring (bicyclic) bond motifs is 1. The molecule has 0 saturated carbocycles. The van der Waals surface area contributed by atoms with E-state index in [-0.39, 0.29) is 24.1 Å². The molecule has 1 aliphatic rings. The Morgan fingerprint density at radius 2 is 2.12 bits per heavy atom. The molecule has 1 saturated heterocycles. The molecule has 11 nitrogen and oxygen atoms in total. The lowest BCUT2D eigenvalue weighted by Gasteiger charge is -2.17. The first-order valence-electron chi connectivity index (χ1n) is 7.77. The third-order valence-corrected chi connectivity index (χ3v) is 3.84. The molecule has 0 bridgehead atoms. The molecule has 138 valence electrons. The lowest BCUT2D eigenvalue weighted by molar-refractivity contribution is -0.155. The number of H-pyrrole nitrogens is 1. The van der Waals surface area contributed by atoms with E-state index in [2.05, 4.69) is 15.0 Å². The van der Waals surface area contributed by atoms with Crippen LogP contribution < -0.4 is 11.2 Å². The monoisotopic (exact) mass is 364 g/mol. The Labute approximate surface area is 145 Å². The van der Waals surface area contributed by atoms with Gasteiger partial charge in [-0.1, -0.05) is 0 Å². The standard InChI is InChI=1S/C15H16N4O7/c1-7(20)24-5-11-10(25-8(2)21)3-12(26-11)19-13-9(4-16-6-17-13)14(22)18-15(19)23/h4,6,10-12H,3,5H2,1-2H3,(H,18,22,23)/t10-,11+,12+/m0/s1. The molecule has 3 heterocycles. The zero-order chi connectivity index (χ0) is 18.8. The number of rotatable bonds is 4. The van der Waals surface area contributed by atoms with Gasteiger partial charge in [0.05, 0.1) is 0 Å². The van der Waals surface area contributed by atoms with Crippen molar-refractivity contribution in [3.63, 3.8) is 0 Å². The summed E-state index contributed by atoms with van der Waals surface area (Å²) in [5.74, 6) is -1.05. The molecule has 1 aliphatic heterocycles. The first-order chi connectivity index (χ1) is 12.4. The van der Waals surface area contributed by atoms with Gasteiger partial charge in [-0.25, -0.2) is 14.8 Å². The Hall–Kier alpha value is -3.08. The van der Waals surface area contributed by atoms with E-state index in [4.69, 9.17) is 14.2 Å². The van der Waals surface area contributed by atoms with E-state index in [0.717, 1.165) is 4.57 Å². The molecule has 3 atom stereocenters. The van der Waals surface area contributed by atoms with Crippen LogP contribution >= 0.6 is 0 Å². The number of carbonyl (C=O) groups excluding carboxylic acids is 2. The van der Waals surface area contributed by atoms with Crippen LogP contribution in [0.5, 0.6) is 0 Å². The first-order valence-corrected chi connectivity index (χ1v) is 7.77. The van der Waals surface area contributed by atoms with Crippen LogP contribution in [0, 0.1) is 0 Å². The molecule has 26 heavy (non-hydrogen) atoms. The van der Waals surface area contributed by atoms with Crippen LogP contribution in [0.2, 0.25) is 0 Å². The van der Waals surface area contributed by atoms with Crippen LogP contribution in [0.25, 0.3) is 11.0 Å². The van der Waals surface area contributed by atoms with Gasteiger partial charge in [-0.15, -0.1) is 0 Å². The minimum absolute atomic E-state index is 0.0912. The van der Waals surface area contributed by atoms with Crippen LogP contribution in [0.1, 0.15) is 26.5 Å². The molecule has 0 aliphatic carbocycles. The van der Waals surface area contributed by atoms with Crippen molar-refractivity contribution in [2.24, 2.45) is 0 Å². The highest BCUT2D eigenvalue weighted by atomic mass is 16.6.